The molecule has 0 aromatic heterocycles. The van der Waals surface area contributed by atoms with E-state index >= 15 is 0 Å². The number of ether oxygens (including phenoxy) is 2. The van der Waals surface area contributed by atoms with Gasteiger partial charge in [-0.05, 0) is 133 Å². The molecular formula is C30H44O2. The quantitative estimate of drug-likeness (QED) is 0.363. The molecular weight excluding hydrogens is 392 g/mol. The Kier molecular flexibility index (Phi) is 8.44. The summed E-state index contributed by atoms with van der Waals surface area (Å²) in [6, 6.07) is 0. The number of rotatable bonds is 9. The van der Waals surface area contributed by atoms with Crippen molar-refractivity contribution in [1.82, 2.24) is 0 Å². The first kappa shape index (κ1) is 24.8. The molecule has 1 aromatic rings. The van der Waals surface area contributed by atoms with Crippen LogP contribution >= 0.6 is 0 Å². The zero-order valence-corrected chi connectivity index (χ0v) is 21.6. The molecule has 2 heteroatoms. The van der Waals surface area contributed by atoms with E-state index < -0.39 is 0 Å². The normalized spacial score (nSPS) is 21.2. The fourth-order valence-electron chi connectivity index (χ4n) is 4.87. The minimum absolute atomic E-state index is 0.0564. The van der Waals surface area contributed by atoms with Gasteiger partial charge in [0.05, 0.1) is 13.2 Å². The Morgan fingerprint density at radius 1 is 0.844 bits per heavy atom. The maximum Gasteiger partial charge on any atom is 0.126 e. The topological polar surface area (TPSA) is 18.5 Å². The highest BCUT2D eigenvalue weighted by molar-refractivity contribution is 5.55. The summed E-state index contributed by atoms with van der Waals surface area (Å²) in [5.41, 5.74) is 11.4. The summed E-state index contributed by atoms with van der Waals surface area (Å²) < 4.78 is 11.9. The van der Waals surface area contributed by atoms with Gasteiger partial charge in [0, 0.05) is 0 Å². The Hall–Kier alpha value is -1.80. The SMILES string of the molecule is C/C(=C\CC/C(C)=C/CC[C@]1(C)CCc2c(C)c(C)c(C)c(C)c2O1)CCC=C1COC1. The van der Waals surface area contributed by atoms with Crippen molar-refractivity contribution >= 4 is 0 Å². The van der Waals surface area contributed by atoms with E-state index in [4.69, 9.17) is 9.47 Å². The maximum atomic E-state index is 6.68. The zero-order valence-electron chi connectivity index (χ0n) is 21.6. The lowest BCUT2D eigenvalue weighted by Gasteiger charge is -2.38. The molecule has 176 valence electrons. The van der Waals surface area contributed by atoms with Crippen LogP contribution in [0.5, 0.6) is 5.75 Å². The minimum Gasteiger partial charge on any atom is -0.487 e. The smallest absolute Gasteiger partial charge is 0.126 e. The van der Waals surface area contributed by atoms with E-state index in [0.717, 1.165) is 58.2 Å². The number of hydrogen-bond acceptors (Lipinski definition) is 2. The van der Waals surface area contributed by atoms with Gasteiger partial charge in [0.15, 0.2) is 0 Å². The van der Waals surface area contributed by atoms with Crippen molar-refractivity contribution in [2.45, 2.75) is 105 Å². The second-order valence-corrected chi connectivity index (χ2v) is 10.4. The van der Waals surface area contributed by atoms with E-state index in [1.54, 1.807) is 0 Å². The lowest BCUT2D eigenvalue weighted by molar-refractivity contribution is 0.0560. The summed E-state index contributed by atoms with van der Waals surface area (Å²) in [6.45, 7) is 17.5. The van der Waals surface area contributed by atoms with Gasteiger partial charge in [0.25, 0.3) is 0 Å². The molecule has 2 aliphatic heterocycles. The van der Waals surface area contributed by atoms with Crippen LogP contribution in [-0.4, -0.2) is 18.8 Å². The van der Waals surface area contributed by atoms with Crippen LogP contribution in [0.25, 0.3) is 0 Å². The third-order valence-electron chi connectivity index (χ3n) is 7.75. The first-order chi connectivity index (χ1) is 15.2. The molecule has 1 atom stereocenters. The first-order valence-corrected chi connectivity index (χ1v) is 12.6. The third kappa shape index (κ3) is 6.16. The number of benzene rings is 1. The van der Waals surface area contributed by atoms with Crippen LogP contribution in [0.4, 0.5) is 0 Å². The van der Waals surface area contributed by atoms with Crippen molar-refractivity contribution in [3.63, 3.8) is 0 Å². The van der Waals surface area contributed by atoms with Crippen LogP contribution in [0.3, 0.4) is 0 Å². The molecule has 32 heavy (non-hydrogen) atoms. The van der Waals surface area contributed by atoms with Gasteiger partial charge < -0.3 is 9.47 Å². The van der Waals surface area contributed by atoms with Crippen LogP contribution in [0.15, 0.2) is 34.9 Å². The summed E-state index contributed by atoms with van der Waals surface area (Å²) in [5, 5.41) is 0. The number of hydrogen-bond donors (Lipinski definition) is 0. The zero-order chi connectivity index (χ0) is 23.3. The Balaban J connectivity index is 1.46. The van der Waals surface area contributed by atoms with Crippen molar-refractivity contribution < 1.29 is 9.47 Å². The molecule has 0 bridgehead atoms. The van der Waals surface area contributed by atoms with E-state index in [1.165, 1.54) is 56.7 Å². The predicted molar refractivity (Wildman–Crippen MR) is 137 cm³/mol. The predicted octanol–water partition coefficient (Wildman–Crippen LogP) is 8.19. The van der Waals surface area contributed by atoms with Gasteiger partial charge in [-0.3, -0.25) is 0 Å². The number of fused-ring (bicyclic) bond motifs is 1. The second kappa shape index (κ2) is 10.9. The third-order valence-corrected chi connectivity index (χ3v) is 7.75. The average Bonchev–Trinajstić information content (AvgIpc) is 2.72. The Morgan fingerprint density at radius 2 is 1.47 bits per heavy atom. The molecule has 0 amide bonds. The molecule has 1 aromatic carbocycles. The van der Waals surface area contributed by atoms with Crippen molar-refractivity contribution in [2.75, 3.05) is 13.2 Å². The maximum absolute atomic E-state index is 6.68. The molecule has 0 radical (unpaired) electrons. The lowest BCUT2D eigenvalue weighted by Crippen LogP contribution is -2.37. The highest BCUT2D eigenvalue weighted by Crippen LogP contribution is 2.42. The monoisotopic (exact) mass is 436 g/mol. The van der Waals surface area contributed by atoms with Crippen LogP contribution in [0, 0.1) is 27.7 Å². The first-order valence-electron chi connectivity index (χ1n) is 12.6. The molecule has 0 spiro atoms. The second-order valence-electron chi connectivity index (χ2n) is 10.4. The lowest BCUT2D eigenvalue weighted by atomic mass is 9.83. The van der Waals surface area contributed by atoms with Crippen LogP contribution in [-0.2, 0) is 11.2 Å². The summed E-state index contributed by atoms with van der Waals surface area (Å²) in [7, 11) is 0. The van der Waals surface area contributed by atoms with Crippen LogP contribution in [0.1, 0.15) is 93.5 Å². The van der Waals surface area contributed by atoms with Gasteiger partial charge in [-0.2, -0.15) is 0 Å². The number of allylic oxidation sites excluding steroid dienone is 5. The molecule has 0 N–H and O–H groups in total. The molecule has 0 saturated carbocycles. The fourth-order valence-corrected chi connectivity index (χ4v) is 4.87. The minimum atomic E-state index is -0.0564. The summed E-state index contributed by atoms with van der Waals surface area (Å²) >= 11 is 0. The van der Waals surface area contributed by atoms with Gasteiger partial charge in [-0.1, -0.05) is 29.4 Å². The highest BCUT2D eigenvalue weighted by Gasteiger charge is 2.33. The summed E-state index contributed by atoms with van der Waals surface area (Å²) in [4.78, 5) is 0. The van der Waals surface area contributed by atoms with Crippen LogP contribution < -0.4 is 4.74 Å². The van der Waals surface area contributed by atoms with E-state index in [-0.39, 0.29) is 5.60 Å². The molecule has 2 heterocycles. The van der Waals surface area contributed by atoms with Gasteiger partial charge in [0.1, 0.15) is 11.4 Å². The molecule has 0 unspecified atom stereocenters. The largest absolute Gasteiger partial charge is 0.487 e. The Bertz CT molecular complexity index is 909. The molecule has 0 aliphatic carbocycles. The molecule has 1 saturated heterocycles. The fraction of sp³-hybridized carbons (Fsp3) is 0.600. The van der Waals surface area contributed by atoms with Gasteiger partial charge in [0.2, 0.25) is 0 Å². The van der Waals surface area contributed by atoms with E-state index in [9.17, 15) is 0 Å². The van der Waals surface area contributed by atoms with Gasteiger partial charge in [-0.25, -0.2) is 0 Å². The van der Waals surface area contributed by atoms with E-state index in [2.05, 4.69) is 66.7 Å². The molecule has 2 nitrogen and oxygen atoms in total. The summed E-state index contributed by atoms with van der Waals surface area (Å²) in [5.74, 6) is 1.17. The van der Waals surface area contributed by atoms with Crippen molar-refractivity contribution in [3.05, 3.63) is 62.8 Å². The molecule has 3 rings (SSSR count). The standard InChI is InChI=1S/C30H44O2/c1-21(13-9-15-27-19-31-20-27)11-8-12-22(2)14-10-17-30(7)18-16-28-25(5)23(3)24(4)26(6)29(28)32-30/h11,14-15H,8-10,12-13,16-20H2,1-7H3/b21-11+,22-14+/t30-/m1/s1. The molecule has 2 aliphatic rings. The van der Waals surface area contributed by atoms with E-state index in [1.807, 2.05) is 0 Å². The van der Waals surface area contributed by atoms with E-state index in [0.29, 0.717) is 0 Å². The summed E-state index contributed by atoms with van der Waals surface area (Å²) in [6.07, 6.45) is 16.3. The van der Waals surface area contributed by atoms with Gasteiger partial charge in [-0.15, -0.1) is 0 Å². The van der Waals surface area contributed by atoms with Crippen LogP contribution in [0.2, 0.25) is 0 Å². The Morgan fingerprint density at radius 3 is 2.12 bits per heavy atom. The average molecular weight is 437 g/mol. The van der Waals surface area contributed by atoms with Crippen molar-refractivity contribution in [1.29, 1.82) is 0 Å². The molecule has 1 fully saturated rings. The van der Waals surface area contributed by atoms with Gasteiger partial charge >= 0.3 is 0 Å². The Labute approximate surface area is 196 Å². The highest BCUT2D eigenvalue weighted by atomic mass is 16.5. The van der Waals surface area contributed by atoms with Crippen molar-refractivity contribution in [3.8, 4) is 5.75 Å². The van der Waals surface area contributed by atoms with Crippen molar-refractivity contribution in [2.24, 2.45) is 0 Å².